The van der Waals surface area contributed by atoms with Gasteiger partial charge in [0.1, 0.15) is 6.04 Å². The Kier molecular flexibility index (Phi) is 4.50. The molecule has 0 aromatic heterocycles. The van der Waals surface area contributed by atoms with Crippen LogP contribution in [-0.2, 0) is 4.79 Å². The van der Waals surface area contributed by atoms with E-state index < -0.39 is 23.7 Å². The number of aliphatic carboxylic acids is 1. The number of hydrogen-bond acceptors (Lipinski definition) is 5. The van der Waals surface area contributed by atoms with Crippen LogP contribution in [0, 0.1) is 0 Å². The Morgan fingerprint density at radius 1 is 1.22 bits per heavy atom. The SMILES string of the molecule is O=C(N[C@@H](CCO)C(=O)O)c1ccc(O)c(O)c1. The van der Waals surface area contributed by atoms with Crippen LogP contribution >= 0.6 is 0 Å². The number of carbonyl (C=O) groups excluding carboxylic acids is 1. The fourth-order valence-electron chi connectivity index (χ4n) is 1.29. The molecule has 0 saturated heterocycles. The second-order valence-electron chi connectivity index (χ2n) is 3.58. The van der Waals surface area contributed by atoms with Gasteiger partial charge in [0, 0.05) is 18.6 Å². The zero-order valence-electron chi connectivity index (χ0n) is 9.33. The van der Waals surface area contributed by atoms with Crippen LogP contribution in [-0.4, -0.2) is 45.0 Å². The quantitative estimate of drug-likeness (QED) is 0.458. The topological polar surface area (TPSA) is 127 Å². The van der Waals surface area contributed by atoms with Crippen LogP contribution in [0.1, 0.15) is 16.8 Å². The number of hydrogen-bond donors (Lipinski definition) is 5. The normalized spacial score (nSPS) is 11.8. The van der Waals surface area contributed by atoms with Gasteiger partial charge in [0.25, 0.3) is 5.91 Å². The average molecular weight is 255 g/mol. The molecule has 1 aromatic carbocycles. The molecular weight excluding hydrogens is 242 g/mol. The molecule has 7 nitrogen and oxygen atoms in total. The first-order valence-corrected chi connectivity index (χ1v) is 5.12. The van der Waals surface area contributed by atoms with Crippen molar-refractivity contribution < 1.29 is 30.0 Å². The van der Waals surface area contributed by atoms with Gasteiger partial charge in [0.2, 0.25) is 0 Å². The smallest absolute Gasteiger partial charge is 0.326 e. The van der Waals surface area contributed by atoms with Gasteiger partial charge >= 0.3 is 5.97 Å². The zero-order valence-corrected chi connectivity index (χ0v) is 9.33. The van der Waals surface area contributed by atoms with Crippen LogP contribution in [0.25, 0.3) is 0 Å². The van der Waals surface area contributed by atoms with E-state index in [0.29, 0.717) is 0 Å². The fourth-order valence-corrected chi connectivity index (χ4v) is 1.29. The molecule has 1 aromatic rings. The van der Waals surface area contributed by atoms with E-state index in [2.05, 4.69) is 5.32 Å². The Labute approximate surface area is 102 Å². The van der Waals surface area contributed by atoms with E-state index in [0.717, 1.165) is 12.1 Å². The van der Waals surface area contributed by atoms with Crippen molar-refractivity contribution in [3.05, 3.63) is 23.8 Å². The summed E-state index contributed by atoms with van der Waals surface area (Å²) in [5, 5.41) is 37.9. The predicted molar refractivity (Wildman–Crippen MR) is 60.4 cm³/mol. The summed E-state index contributed by atoms with van der Waals surface area (Å²) in [4.78, 5) is 22.4. The number of aliphatic hydroxyl groups excluding tert-OH is 1. The minimum Gasteiger partial charge on any atom is -0.504 e. The van der Waals surface area contributed by atoms with E-state index in [-0.39, 0.29) is 24.3 Å². The maximum Gasteiger partial charge on any atom is 0.326 e. The second kappa shape index (κ2) is 5.87. The highest BCUT2D eigenvalue weighted by atomic mass is 16.4. The van der Waals surface area contributed by atoms with Crippen LogP contribution in [0.3, 0.4) is 0 Å². The van der Waals surface area contributed by atoms with Crippen LogP contribution in [0.15, 0.2) is 18.2 Å². The molecule has 0 saturated carbocycles. The van der Waals surface area contributed by atoms with Gasteiger partial charge in [-0.15, -0.1) is 0 Å². The van der Waals surface area contributed by atoms with E-state index in [4.69, 9.17) is 15.3 Å². The minimum absolute atomic E-state index is 0.00879. The lowest BCUT2D eigenvalue weighted by Crippen LogP contribution is -2.41. The highest BCUT2D eigenvalue weighted by molar-refractivity contribution is 5.97. The summed E-state index contributed by atoms with van der Waals surface area (Å²) in [6.07, 6.45) is -0.120. The molecule has 7 heteroatoms. The Balaban J connectivity index is 2.80. The van der Waals surface area contributed by atoms with E-state index in [1.807, 2.05) is 0 Å². The van der Waals surface area contributed by atoms with Crippen LogP contribution in [0.2, 0.25) is 0 Å². The predicted octanol–water partition coefficient (Wildman–Crippen LogP) is -0.337. The molecule has 18 heavy (non-hydrogen) atoms. The third-order valence-corrected chi connectivity index (χ3v) is 2.26. The molecule has 0 aliphatic carbocycles. The summed E-state index contributed by atoms with van der Waals surface area (Å²) in [7, 11) is 0. The molecular formula is C11H13NO6. The lowest BCUT2D eigenvalue weighted by molar-refractivity contribution is -0.139. The third kappa shape index (κ3) is 3.36. The van der Waals surface area contributed by atoms with E-state index >= 15 is 0 Å². The van der Waals surface area contributed by atoms with Crippen molar-refractivity contribution in [2.75, 3.05) is 6.61 Å². The van der Waals surface area contributed by atoms with Gasteiger partial charge in [-0.2, -0.15) is 0 Å². The van der Waals surface area contributed by atoms with Gasteiger partial charge in [-0.3, -0.25) is 4.79 Å². The van der Waals surface area contributed by atoms with Crippen LogP contribution in [0.5, 0.6) is 11.5 Å². The monoisotopic (exact) mass is 255 g/mol. The highest BCUT2D eigenvalue weighted by Gasteiger charge is 2.20. The Hall–Kier alpha value is -2.28. The molecule has 98 valence electrons. The van der Waals surface area contributed by atoms with Crippen molar-refractivity contribution >= 4 is 11.9 Å². The average Bonchev–Trinajstić information content (AvgIpc) is 2.31. The van der Waals surface area contributed by atoms with Crippen molar-refractivity contribution in [1.82, 2.24) is 5.32 Å². The minimum atomic E-state index is -1.26. The number of carboxylic acid groups (broad SMARTS) is 1. The van der Waals surface area contributed by atoms with Crippen LogP contribution in [0.4, 0.5) is 0 Å². The van der Waals surface area contributed by atoms with Gasteiger partial charge in [-0.25, -0.2) is 4.79 Å². The first-order valence-electron chi connectivity index (χ1n) is 5.12. The molecule has 0 radical (unpaired) electrons. The summed E-state index contributed by atoms with van der Waals surface area (Å²) in [5.41, 5.74) is 0.00879. The van der Waals surface area contributed by atoms with Crippen molar-refractivity contribution in [2.24, 2.45) is 0 Å². The zero-order chi connectivity index (χ0) is 13.7. The molecule has 5 N–H and O–H groups in total. The van der Waals surface area contributed by atoms with Crippen LogP contribution < -0.4 is 5.32 Å². The number of nitrogens with one attached hydrogen (secondary N) is 1. The number of aliphatic hydroxyl groups is 1. The van der Waals surface area contributed by atoms with Gasteiger partial charge in [-0.05, 0) is 18.2 Å². The molecule has 0 aliphatic heterocycles. The number of carbonyl (C=O) groups is 2. The van der Waals surface area contributed by atoms with Crippen molar-refractivity contribution in [3.63, 3.8) is 0 Å². The van der Waals surface area contributed by atoms with Gasteiger partial charge < -0.3 is 25.7 Å². The molecule has 1 rings (SSSR count). The third-order valence-electron chi connectivity index (χ3n) is 2.26. The first-order chi connectivity index (χ1) is 8.45. The number of amides is 1. The van der Waals surface area contributed by atoms with E-state index in [1.165, 1.54) is 6.07 Å². The molecule has 0 unspecified atom stereocenters. The molecule has 0 heterocycles. The lowest BCUT2D eigenvalue weighted by Gasteiger charge is -2.13. The maximum absolute atomic E-state index is 11.6. The highest BCUT2D eigenvalue weighted by Crippen LogP contribution is 2.24. The summed E-state index contributed by atoms with van der Waals surface area (Å²) in [5.74, 6) is -2.83. The molecule has 0 spiro atoms. The molecule has 0 aliphatic rings. The Morgan fingerprint density at radius 2 is 1.89 bits per heavy atom. The first kappa shape index (κ1) is 13.8. The second-order valence-corrected chi connectivity index (χ2v) is 3.58. The standard InChI is InChI=1S/C11H13NO6/c13-4-3-7(11(17)18)12-10(16)6-1-2-8(14)9(15)5-6/h1-2,5,7,13-15H,3-4H2,(H,12,16)(H,17,18)/t7-/m0/s1. The van der Waals surface area contributed by atoms with E-state index in [9.17, 15) is 14.7 Å². The summed E-state index contributed by atoms with van der Waals surface area (Å²) >= 11 is 0. The number of phenolic OH excluding ortho intramolecular Hbond substituents is 2. The Morgan fingerprint density at radius 3 is 2.39 bits per heavy atom. The molecule has 0 bridgehead atoms. The molecule has 0 fully saturated rings. The van der Waals surface area contributed by atoms with Crippen molar-refractivity contribution in [3.8, 4) is 11.5 Å². The number of carboxylic acids is 1. The van der Waals surface area contributed by atoms with Crippen molar-refractivity contribution in [2.45, 2.75) is 12.5 Å². The fraction of sp³-hybridized carbons (Fsp3) is 0.273. The van der Waals surface area contributed by atoms with Gasteiger partial charge in [-0.1, -0.05) is 0 Å². The summed E-state index contributed by atoms with van der Waals surface area (Å²) in [6, 6.07) is 2.16. The molecule has 1 atom stereocenters. The molecule has 1 amide bonds. The van der Waals surface area contributed by atoms with E-state index in [1.54, 1.807) is 0 Å². The van der Waals surface area contributed by atoms with Crippen molar-refractivity contribution in [1.29, 1.82) is 0 Å². The Bertz CT molecular complexity index is 459. The number of aromatic hydroxyl groups is 2. The largest absolute Gasteiger partial charge is 0.504 e. The van der Waals surface area contributed by atoms with Gasteiger partial charge in [0.15, 0.2) is 11.5 Å². The maximum atomic E-state index is 11.6. The summed E-state index contributed by atoms with van der Waals surface area (Å²) < 4.78 is 0. The number of rotatable bonds is 5. The lowest BCUT2D eigenvalue weighted by atomic mass is 10.1. The number of phenols is 2. The van der Waals surface area contributed by atoms with Gasteiger partial charge in [0.05, 0.1) is 0 Å². The summed E-state index contributed by atoms with van der Waals surface area (Å²) in [6.45, 7) is -0.377. The number of benzene rings is 1.